The number of nitrogens with zero attached hydrogens (tertiary/aromatic N) is 2. The van der Waals surface area contributed by atoms with Gasteiger partial charge in [0, 0.05) is 30.9 Å². The van der Waals surface area contributed by atoms with Gasteiger partial charge >= 0.3 is 0 Å². The second kappa shape index (κ2) is 6.61. The Balaban J connectivity index is 2.27. The van der Waals surface area contributed by atoms with E-state index in [1.165, 1.54) is 18.2 Å². The molecular formula is C15H19F2N3. The third kappa shape index (κ3) is 3.04. The zero-order valence-electron chi connectivity index (χ0n) is 11.7. The van der Waals surface area contributed by atoms with Gasteiger partial charge in [-0.25, -0.2) is 13.8 Å². The van der Waals surface area contributed by atoms with E-state index in [1.807, 2.05) is 10.8 Å². The SMILES string of the molecule is CCCn1ccnc1C(Cc1c(F)cccc1F)NC. The van der Waals surface area contributed by atoms with Crippen LogP contribution in [0.25, 0.3) is 0 Å². The Labute approximate surface area is 117 Å². The van der Waals surface area contributed by atoms with Gasteiger partial charge in [-0.2, -0.15) is 0 Å². The maximum absolute atomic E-state index is 13.7. The predicted octanol–water partition coefficient (Wildman–Crippen LogP) is 3.07. The van der Waals surface area contributed by atoms with Crippen molar-refractivity contribution in [2.75, 3.05) is 7.05 Å². The summed E-state index contributed by atoms with van der Waals surface area (Å²) in [5.41, 5.74) is 0.0953. The standard InChI is InChI=1S/C15H19F2N3/c1-3-8-20-9-7-19-15(20)14(18-2)10-11-12(16)5-4-6-13(11)17/h4-7,9,14,18H,3,8,10H2,1-2H3. The van der Waals surface area contributed by atoms with E-state index in [4.69, 9.17) is 0 Å². The fourth-order valence-corrected chi connectivity index (χ4v) is 2.31. The molecule has 1 aromatic carbocycles. The van der Waals surface area contributed by atoms with Crippen LogP contribution in [0, 0.1) is 11.6 Å². The second-order valence-corrected chi connectivity index (χ2v) is 4.72. The Morgan fingerprint density at radius 2 is 2.00 bits per heavy atom. The van der Waals surface area contributed by atoms with Crippen molar-refractivity contribution in [1.82, 2.24) is 14.9 Å². The van der Waals surface area contributed by atoms with Crippen LogP contribution in [0.5, 0.6) is 0 Å². The first-order chi connectivity index (χ1) is 9.67. The molecule has 5 heteroatoms. The molecule has 1 unspecified atom stereocenters. The van der Waals surface area contributed by atoms with Gasteiger partial charge in [-0.1, -0.05) is 13.0 Å². The number of halogens is 2. The average Bonchev–Trinajstić information content (AvgIpc) is 2.87. The van der Waals surface area contributed by atoms with Gasteiger partial charge in [0.05, 0.1) is 6.04 Å². The lowest BCUT2D eigenvalue weighted by molar-refractivity contribution is 0.481. The fourth-order valence-electron chi connectivity index (χ4n) is 2.31. The number of aryl methyl sites for hydroxylation is 1. The quantitative estimate of drug-likeness (QED) is 0.880. The van der Waals surface area contributed by atoms with Gasteiger partial charge in [0.25, 0.3) is 0 Å². The molecule has 1 heterocycles. The van der Waals surface area contributed by atoms with Crippen LogP contribution in [-0.4, -0.2) is 16.6 Å². The molecule has 0 fully saturated rings. The minimum atomic E-state index is -0.515. The minimum absolute atomic E-state index is 0.0953. The van der Waals surface area contributed by atoms with Crippen LogP contribution in [0.3, 0.4) is 0 Å². The fraction of sp³-hybridized carbons (Fsp3) is 0.400. The van der Waals surface area contributed by atoms with Crippen LogP contribution < -0.4 is 5.32 Å². The van der Waals surface area contributed by atoms with Crippen LogP contribution in [-0.2, 0) is 13.0 Å². The van der Waals surface area contributed by atoms with Gasteiger partial charge in [-0.15, -0.1) is 0 Å². The van der Waals surface area contributed by atoms with Crippen molar-refractivity contribution in [3.05, 3.63) is 53.6 Å². The van der Waals surface area contributed by atoms with E-state index in [0.29, 0.717) is 0 Å². The molecule has 0 radical (unpaired) electrons. The number of rotatable bonds is 6. The zero-order chi connectivity index (χ0) is 14.5. The molecule has 0 amide bonds. The molecule has 108 valence electrons. The number of benzene rings is 1. The number of likely N-dealkylation sites (N-methyl/N-ethyl adjacent to an activating group) is 1. The molecule has 0 saturated heterocycles. The summed E-state index contributed by atoms with van der Waals surface area (Å²) >= 11 is 0. The van der Waals surface area contributed by atoms with Crippen molar-refractivity contribution >= 4 is 0 Å². The summed E-state index contributed by atoms with van der Waals surface area (Å²) in [6, 6.07) is 3.72. The van der Waals surface area contributed by atoms with Crippen LogP contribution in [0.1, 0.15) is 30.8 Å². The molecule has 0 aliphatic heterocycles. The summed E-state index contributed by atoms with van der Waals surface area (Å²) in [6.07, 6.45) is 4.82. The largest absolute Gasteiger partial charge is 0.334 e. The molecule has 20 heavy (non-hydrogen) atoms. The second-order valence-electron chi connectivity index (χ2n) is 4.72. The molecular weight excluding hydrogens is 260 g/mol. The van der Waals surface area contributed by atoms with E-state index in [2.05, 4.69) is 17.2 Å². The monoisotopic (exact) mass is 279 g/mol. The maximum atomic E-state index is 13.7. The Morgan fingerprint density at radius 1 is 1.30 bits per heavy atom. The minimum Gasteiger partial charge on any atom is -0.334 e. The molecule has 3 nitrogen and oxygen atoms in total. The Kier molecular flexibility index (Phi) is 4.84. The first-order valence-electron chi connectivity index (χ1n) is 6.78. The molecule has 1 atom stereocenters. The van der Waals surface area contributed by atoms with Crippen molar-refractivity contribution in [3.8, 4) is 0 Å². The molecule has 0 aliphatic carbocycles. The number of imidazole rings is 1. The Bertz CT molecular complexity index is 546. The van der Waals surface area contributed by atoms with E-state index in [1.54, 1.807) is 13.2 Å². The molecule has 0 aliphatic rings. The lowest BCUT2D eigenvalue weighted by Crippen LogP contribution is -2.24. The first kappa shape index (κ1) is 14.7. The van der Waals surface area contributed by atoms with E-state index >= 15 is 0 Å². The molecule has 2 aromatic rings. The van der Waals surface area contributed by atoms with Gasteiger partial charge < -0.3 is 9.88 Å². The van der Waals surface area contributed by atoms with Gasteiger partial charge in [-0.05, 0) is 25.6 Å². The summed E-state index contributed by atoms with van der Waals surface area (Å²) in [4.78, 5) is 4.32. The number of hydrogen-bond acceptors (Lipinski definition) is 2. The highest BCUT2D eigenvalue weighted by atomic mass is 19.1. The third-order valence-electron chi connectivity index (χ3n) is 3.34. The zero-order valence-corrected chi connectivity index (χ0v) is 11.7. The lowest BCUT2D eigenvalue weighted by Gasteiger charge is -2.18. The van der Waals surface area contributed by atoms with Crippen molar-refractivity contribution in [1.29, 1.82) is 0 Å². The van der Waals surface area contributed by atoms with Gasteiger partial charge in [0.2, 0.25) is 0 Å². The van der Waals surface area contributed by atoms with Crippen molar-refractivity contribution in [3.63, 3.8) is 0 Å². The van der Waals surface area contributed by atoms with Crippen molar-refractivity contribution in [2.24, 2.45) is 0 Å². The molecule has 0 bridgehead atoms. The smallest absolute Gasteiger partial charge is 0.129 e. The predicted molar refractivity (Wildman–Crippen MR) is 74.4 cm³/mol. The van der Waals surface area contributed by atoms with E-state index in [0.717, 1.165) is 18.8 Å². The lowest BCUT2D eigenvalue weighted by atomic mass is 10.0. The summed E-state index contributed by atoms with van der Waals surface area (Å²) < 4.78 is 29.5. The molecule has 0 saturated carbocycles. The van der Waals surface area contributed by atoms with Crippen LogP contribution >= 0.6 is 0 Å². The highest BCUT2D eigenvalue weighted by Gasteiger charge is 2.19. The average molecular weight is 279 g/mol. The Hall–Kier alpha value is -1.75. The molecule has 1 N–H and O–H groups in total. The normalized spacial score (nSPS) is 12.6. The van der Waals surface area contributed by atoms with E-state index in [9.17, 15) is 8.78 Å². The molecule has 0 spiro atoms. The number of nitrogens with one attached hydrogen (secondary N) is 1. The Morgan fingerprint density at radius 3 is 2.60 bits per heavy atom. The molecule has 2 rings (SSSR count). The van der Waals surface area contributed by atoms with Crippen LogP contribution in [0.2, 0.25) is 0 Å². The van der Waals surface area contributed by atoms with Crippen molar-refractivity contribution < 1.29 is 8.78 Å². The van der Waals surface area contributed by atoms with Gasteiger partial charge in [0.1, 0.15) is 17.5 Å². The van der Waals surface area contributed by atoms with E-state index in [-0.39, 0.29) is 18.0 Å². The number of aromatic nitrogens is 2. The van der Waals surface area contributed by atoms with Gasteiger partial charge in [0.15, 0.2) is 0 Å². The van der Waals surface area contributed by atoms with Crippen molar-refractivity contribution in [2.45, 2.75) is 32.4 Å². The first-order valence-corrected chi connectivity index (χ1v) is 6.78. The summed E-state index contributed by atoms with van der Waals surface area (Å²) in [7, 11) is 1.77. The third-order valence-corrected chi connectivity index (χ3v) is 3.34. The highest BCUT2D eigenvalue weighted by molar-refractivity contribution is 5.22. The maximum Gasteiger partial charge on any atom is 0.129 e. The van der Waals surface area contributed by atoms with Crippen LogP contribution in [0.4, 0.5) is 8.78 Å². The number of hydrogen-bond donors (Lipinski definition) is 1. The highest BCUT2D eigenvalue weighted by Crippen LogP contribution is 2.21. The van der Waals surface area contributed by atoms with Crippen LogP contribution in [0.15, 0.2) is 30.6 Å². The summed E-state index contributed by atoms with van der Waals surface area (Å²) in [5.74, 6) is -0.227. The molecule has 1 aromatic heterocycles. The van der Waals surface area contributed by atoms with E-state index < -0.39 is 11.6 Å². The summed E-state index contributed by atoms with van der Waals surface area (Å²) in [5, 5.41) is 3.09. The van der Waals surface area contributed by atoms with Gasteiger partial charge in [-0.3, -0.25) is 0 Å². The topological polar surface area (TPSA) is 29.9 Å². The summed E-state index contributed by atoms with van der Waals surface area (Å²) in [6.45, 7) is 2.92.